The van der Waals surface area contributed by atoms with E-state index in [-0.39, 0.29) is 17.4 Å². The number of carbonyl (C=O) groups is 3. The molecule has 1 N–H and O–H groups in total. The zero-order chi connectivity index (χ0) is 23.4. The first-order valence-electron chi connectivity index (χ1n) is 10.0. The Bertz CT molecular complexity index is 807. The van der Waals surface area contributed by atoms with E-state index in [1.165, 1.54) is 0 Å². The highest BCUT2D eigenvalue weighted by Gasteiger charge is 2.44. The fraction of sp³-hybridized carbons (Fsp3) is 0.571. The summed E-state index contributed by atoms with van der Waals surface area (Å²) in [5, 5.41) is 7.12. The number of carboxylic acids is 1. The molecule has 31 heavy (non-hydrogen) atoms. The Balaban J connectivity index is 0.000000423. The van der Waals surface area contributed by atoms with Gasteiger partial charge in [-0.05, 0) is 49.9 Å². The van der Waals surface area contributed by atoms with Crippen LogP contribution in [-0.2, 0) is 9.59 Å². The van der Waals surface area contributed by atoms with Crippen LogP contribution in [0.15, 0.2) is 24.3 Å². The minimum Gasteiger partial charge on any atom is -0.475 e. The minimum atomic E-state index is -5.08. The molecule has 2 saturated heterocycles. The maximum Gasteiger partial charge on any atom is 0.490 e. The highest BCUT2D eigenvalue weighted by atomic mass is 19.4. The molecule has 2 aliphatic rings. The van der Waals surface area contributed by atoms with E-state index in [4.69, 9.17) is 9.90 Å². The molecule has 0 saturated carbocycles. The number of hydrogen-bond acceptors (Lipinski definition) is 4. The molecule has 1 aromatic carbocycles. The third-order valence-corrected chi connectivity index (χ3v) is 5.83. The molecule has 7 nitrogen and oxygen atoms in total. The van der Waals surface area contributed by atoms with E-state index in [0.29, 0.717) is 13.0 Å². The van der Waals surface area contributed by atoms with Gasteiger partial charge in [0.1, 0.15) is 0 Å². The molecule has 1 atom stereocenters. The predicted molar refractivity (Wildman–Crippen MR) is 109 cm³/mol. The summed E-state index contributed by atoms with van der Waals surface area (Å²) in [4.78, 5) is 39.8. The van der Waals surface area contributed by atoms with E-state index in [1.807, 2.05) is 60.1 Å². The zero-order valence-corrected chi connectivity index (χ0v) is 17.9. The lowest BCUT2D eigenvalue weighted by molar-refractivity contribution is -0.192. The Morgan fingerprint density at radius 2 is 1.65 bits per heavy atom. The summed E-state index contributed by atoms with van der Waals surface area (Å²) in [5.41, 5.74) is 1.65. The number of aliphatic carboxylic acids is 1. The van der Waals surface area contributed by atoms with Crippen LogP contribution in [0.25, 0.3) is 0 Å². The number of halogens is 3. The highest BCUT2D eigenvalue weighted by molar-refractivity contribution is 5.94. The number of anilines is 1. The molecule has 2 fully saturated rings. The second-order valence-corrected chi connectivity index (χ2v) is 8.11. The first-order chi connectivity index (χ1) is 14.4. The van der Waals surface area contributed by atoms with Gasteiger partial charge in [0.2, 0.25) is 5.91 Å². The van der Waals surface area contributed by atoms with E-state index >= 15 is 0 Å². The maximum absolute atomic E-state index is 12.9. The average molecular weight is 443 g/mol. The van der Waals surface area contributed by atoms with Gasteiger partial charge in [-0.2, -0.15) is 13.2 Å². The monoisotopic (exact) mass is 443 g/mol. The van der Waals surface area contributed by atoms with Gasteiger partial charge >= 0.3 is 12.1 Å². The Kier molecular flexibility index (Phi) is 7.56. The lowest BCUT2D eigenvalue weighted by Crippen LogP contribution is -2.61. The first kappa shape index (κ1) is 24.5. The van der Waals surface area contributed by atoms with E-state index in [0.717, 1.165) is 43.5 Å². The quantitative estimate of drug-likeness (QED) is 0.760. The molecule has 0 bridgehead atoms. The van der Waals surface area contributed by atoms with Crippen LogP contribution in [0.5, 0.6) is 0 Å². The van der Waals surface area contributed by atoms with Gasteiger partial charge < -0.3 is 19.8 Å². The predicted octanol–water partition coefficient (Wildman–Crippen LogP) is 3.00. The summed E-state index contributed by atoms with van der Waals surface area (Å²) in [6.45, 7) is 1.43. The van der Waals surface area contributed by atoms with Crippen molar-refractivity contribution in [2.24, 2.45) is 0 Å². The van der Waals surface area contributed by atoms with Crippen molar-refractivity contribution in [3.63, 3.8) is 0 Å². The largest absolute Gasteiger partial charge is 0.490 e. The van der Waals surface area contributed by atoms with Crippen LogP contribution in [0.3, 0.4) is 0 Å². The summed E-state index contributed by atoms with van der Waals surface area (Å²) >= 11 is 0. The third-order valence-electron chi connectivity index (χ3n) is 5.83. The summed E-state index contributed by atoms with van der Waals surface area (Å²) in [7, 11) is 5.88. The SMILES string of the molecule is CN(C)c1ccc(C(=O)N2CCCC3(CCCC(=O)N3C)C2)cc1.O=C(O)C(F)(F)F. The first-order valence-corrected chi connectivity index (χ1v) is 10.0. The van der Waals surface area contributed by atoms with Gasteiger partial charge in [0.25, 0.3) is 5.91 Å². The van der Waals surface area contributed by atoms with Crippen LogP contribution in [0.4, 0.5) is 18.9 Å². The van der Waals surface area contributed by atoms with Gasteiger partial charge in [0, 0.05) is 51.9 Å². The highest BCUT2D eigenvalue weighted by Crippen LogP contribution is 2.36. The molecule has 0 aromatic heterocycles. The molecule has 2 heterocycles. The summed E-state index contributed by atoms with van der Waals surface area (Å²) in [6, 6.07) is 7.75. The fourth-order valence-electron chi connectivity index (χ4n) is 4.02. The lowest BCUT2D eigenvalue weighted by Gasteiger charge is -2.50. The topological polar surface area (TPSA) is 81.2 Å². The van der Waals surface area contributed by atoms with Gasteiger partial charge in [-0.25, -0.2) is 4.79 Å². The van der Waals surface area contributed by atoms with Gasteiger partial charge in [-0.15, -0.1) is 0 Å². The van der Waals surface area contributed by atoms with Gasteiger partial charge in [0.15, 0.2) is 0 Å². The number of alkyl halides is 3. The van der Waals surface area contributed by atoms with Crippen molar-refractivity contribution in [1.82, 2.24) is 9.80 Å². The Morgan fingerprint density at radius 3 is 2.16 bits per heavy atom. The Morgan fingerprint density at radius 1 is 1.10 bits per heavy atom. The summed E-state index contributed by atoms with van der Waals surface area (Å²) in [6.07, 6.45) is -0.558. The van der Waals surface area contributed by atoms with Gasteiger partial charge in [-0.3, -0.25) is 9.59 Å². The van der Waals surface area contributed by atoms with E-state index in [9.17, 15) is 22.8 Å². The molecule has 1 spiro atoms. The number of carboxylic acid groups (broad SMARTS) is 1. The van der Waals surface area contributed by atoms with Crippen LogP contribution < -0.4 is 4.90 Å². The van der Waals surface area contributed by atoms with Crippen molar-refractivity contribution in [2.45, 2.75) is 43.8 Å². The Labute approximate surface area is 179 Å². The van der Waals surface area contributed by atoms with Crippen LogP contribution in [0, 0.1) is 0 Å². The van der Waals surface area contributed by atoms with Crippen molar-refractivity contribution in [1.29, 1.82) is 0 Å². The van der Waals surface area contributed by atoms with Gasteiger partial charge in [0.05, 0.1) is 5.54 Å². The number of likely N-dealkylation sites (N-methyl/N-ethyl adjacent to an activating group) is 1. The second-order valence-electron chi connectivity index (χ2n) is 8.11. The third kappa shape index (κ3) is 5.89. The minimum absolute atomic E-state index is 0.0748. The normalized spacial score (nSPS) is 21.4. The fourth-order valence-corrected chi connectivity index (χ4v) is 4.02. The molecule has 2 aliphatic heterocycles. The molecular weight excluding hydrogens is 415 g/mol. The molecule has 0 radical (unpaired) electrons. The van der Waals surface area contributed by atoms with Gasteiger partial charge in [-0.1, -0.05) is 0 Å². The van der Waals surface area contributed by atoms with E-state index < -0.39 is 12.1 Å². The average Bonchev–Trinajstić information content (AvgIpc) is 2.71. The van der Waals surface area contributed by atoms with Crippen molar-refractivity contribution in [2.75, 3.05) is 39.1 Å². The maximum atomic E-state index is 12.9. The zero-order valence-electron chi connectivity index (χ0n) is 17.9. The smallest absolute Gasteiger partial charge is 0.475 e. The molecule has 10 heteroatoms. The Hall–Kier alpha value is -2.78. The van der Waals surface area contributed by atoms with Crippen molar-refractivity contribution in [3.8, 4) is 0 Å². The van der Waals surface area contributed by atoms with Crippen LogP contribution in [0.1, 0.15) is 42.5 Å². The molecule has 172 valence electrons. The van der Waals surface area contributed by atoms with Crippen LogP contribution in [0.2, 0.25) is 0 Å². The second kappa shape index (κ2) is 9.57. The number of likely N-dealkylation sites (tertiary alicyclic amines) is 2. The summed E-state index contributed by atoms with van der Waals surface area (Å²) in [5.74, 6) is -2.47. The van der Waals surface area contributed by atoms with E-state index in [1.54, 1.807) is 0 Å². The summed E-state index contributed by atoms with van der Waals surface area (Å²) < 4.78 is 31.7. The van der Waals surface area contributed by atoms with Crippen molar-refractivity contribution < 1.29 is 32.7 Å². The number of nitrogens with zero attached hydrogens (tertiary/aromatic N) is 3. The molecule has 3 rings (SSSR count). The molecule has 1 aromatic rings. The number of hydrogen-bond donors (Lipinski definition) is 1. The number of amides is 2. The number of benzene rings is 1. The van der Waals surface area contributed by atoms with Crippen molar-refractivity contribution >= 4 is 23.5 Å². The van der Waals surface area contributed by atoms with Crippen molar-refractivity contribution in [3.05, 3.63) is 29.8 Å². The van der Waals surface area contributed by atoms with Crippen LogP contribution in [-0.4, -0.2) is 78.6 Å². The van der Waals surface area contributed by atoms with E-state index in [2.05, 4.69) is 0 Å². The molecular formula is C21H28F3N3O4. The molecule has 1 unspecified atom stereocenters. The number of rotatable bonds is 2. The molecule has 0 aliphatic carbocycles. The number of piperidine rings is 2. The standard InChI is InChI=1S/C19H27N3O2.C2HF3O2/c1-20(2)16-9-7-15(8-10-16)18(24)22-13-5-12-19(14-22)11-4-6-17(23)21(19)3;3-2(4,5)1(6)7/h7-10H,4-6,11-14H2,1-3H3;(H,6,7). The van der Waals surface area contributed by atoms with Crippen LogP contribution >= 0.6 is 0 Å². The molecule has 2 amide bonds. The number of carbonyl (C=O) groups excluding carboxylic acids is 2. The lowest BCUT2D eigenvalue weighted by atomic mass is 9.80.